The first-order valence-electron chi connectivity index (χ1n) is 8.24. The summed E-state index contributed by atoms with van der Waals surface area (Å²) in [5.41, 5.74) is 0.912. The van der Waals surface area contributed by atoms with Gasteiger partial charge in [0.05, 0.1) is 7.11 Å². The molecule has 0 radical (unpaired) electrons. The van der Waals surface area contributed by atoms with E-state index < -0.39 is 0 Å². The van der Waals surface area contributed by atoms with Crippen molar-refractivity contribution in [2.75, 3.05) is 7.11 Å². The van der Waals surface area contributed by atoms with Crippen molar-refractivity contribution in [3.63, 3.8) is 0 Å². The molecule has 0 aliphatic heterocycles. The minimum absolute atomic E-state index is 0.123. The summed E-state index contributed by atoms with van der Waals surface area (Å²) in [7, 11) is 1.66. The van der Waals surface area contributed by atoms with Crippen LogP contribution in [0.25, 0.3) is 0 Å². The van der Waals surface area contributed by atoms with E-state index in [9.17, 15) is 5.11 Å². The largest absolute Gasteiger partial charge is 0.508 e. The Morgan fingerprint density at radius 2 is 1.81 bits per heavy atom. The second-order valence-corrected chi connectivity index (χ2v) is 6.35. The Hall–Kier alpha value is -1.22. The third kappa shape index (κ3) is 4.37. The van der Waals surface area contributed by atoms with Crippen LogP contribution in [0.4, 0.5) is 0 Å². The summed E-state index contributed by atoms with van der Waals surface area (Å²) in [6, 6.07) is 6.03. The lowest BCUT2D eigenvalue weighted by atomic mass is 9.92. The number of aromatic hydroxyl groups is 1. The maximum atomic E-state index is 10.1. The van der Waals surface area contributed by atoms with Gasteiger partial charge in [-0.3, -0.25) is 0 Å². The fourth-order valence-corrected chi connectivity index (χ4v) is 3.44. The molecule has 1 saturated carbocycles. The lowest BCUT2D eigenvalue weighted by Crippen LogP contribution is -2.35. The van der Waals surface area contributed by atoms with E-state index in [1.165, 1.54) is 38.5 Å². The second kappa shape index (κ2) is 7.69. The molecule has 3 heteroatoms. The minimum Gasteiger partial charge on any atom is -0.508 e. The number of benzene rings is 1. The van der Waals surface area contributed by atoms with E-state index in [0.29, 0.717) is 11.8 Å². The van der Waals surface area contributed by atoms with Gasteiger partial charge in [0.2, 0.25) is 0 Å². The standard InChI is InChI=1S/C18H29NO2/c1-13(15-8-6-4-5-7-9-15)19-14(2)17-12-16(21-3)10-11-18(17)20/h10-15,19-20H,4-9H2,1-3H3/t13-,14?/m0/s1. The van der Waals surface area contributed by atoms with Crippen LogP contribution in [-0.4, -0.2) is 18.3 Å². The summed E-state index contributed by atoms with van der Waals surface area (Å²) in [5.74, 6) is 1.88. The van der Waals surface area contributed by atoms with E-state index in [1.54, 1.807) is 19.2 Å². The van der Waals surface area contributed by atoms with Crippen molar-refractivity contribution in [2.45, 2.75) is 64.5 Å². The monoisotopic (exact) mass is 291 g/mol. The molecule has 0 aromatic heterocycles. The van der Waals surface area contributed by atoms with Crippen molar-refractivity contribution in [1.82, 2.24) is 5.32 Å². The van der Waals surface area contributed by atoms with Crippen LogP contribution in [0.3, 0.4) is 0 Å². The topological polar surface area (TPSA) is 41.5 Å². The molecule has 1 aromatic rings. The Kier molecular flexibility index (Phi) is 5.92. The van der Waals surface area contributed by atoms with Crippen molar-refractivity contribution in [3.8, 4) is 11.5 Å². The minimum atomic E-state index is 0.123. The third-order valence-electron chi connectivity index (χ3n) is 4.82. The van der Waals surface area contributed by atoms with Crippen LogP contribution in [0.1, 0.15) is 64.0 Å². The predicted molar refractivity (Wildman–Crippen MR) is 86.9 cm³/mol. The Morgan fingerprint density at radius 3 is 2.43 bits per heavy atom. The number of hydrogen-bond donors (Lipinski definition) is 2. The van der Waals surface area contributed by atoms with Gasteiger partial charge in [-0.25, -0.2) is 0 Å². The van der Waals surface area contributed by atoms with Gasteiger partial charge in [-0.15, -0.1) is 0 Å². The Morgan fingerprint density at radius 1 is 1.14 bits per heavy atom. The van der Waals surface area contributed by atoms with Crippen LogP contribution >= 0.6 is 0 Å². The average molecular weight is 291 g/mol. The van der Waals surface area contributed by atoms with Crippen LogP contribution in [-0.2, 0) is 0 Å². The predicted octanol–water partition coefficient (Wildman–Crippen LogP) is 4.41. The second-order valence-electron chi connectivity index (χ2n) is 6.35. The fourth-order valence-electron chi connectivity index (χ4n) is 3.44. The highest BCUT2D eigenvalue weighted by molar-refractivity contribution is 5.41. The zero-order chi connectivity index (χ0) is 15.2. The van der Waals surface area contributed by atoms with Gasteiger partial charge < -0.3 is 15.2 Å². The molecule has 3 nitrogen and oxygen atoms in total. The number of hydrogen-bond acceptors (Lipinski definition) is 3. The van der Waals surface area contributed by atoms with Crippen molar-refractivity contribution in [3.05, 3.63) is 23.8 Å². The average Bonchev–Trinajstić information content (AvgIpc) is 2.76. The van der Waals surface area contributed by atoms with Crippen LogP contribution in [0.15, 0.2) is 18.2 Å². The first kappa shape index (κ1) is 16.2. The summed E-state index contributed by atoms with van der Waals surface area (Å²) in [6.45, 7) is 4.39. The molecule has 2 N–H and O–H groups in total. The van der Waals surface area contributed by atoms with E-state index >= 15 is 0 Å². The van der Waals surface area contributed by atoms with E-state index in [1.807, 2.05) is 6.07 Å². The molecule has 0 spiro atoms. The SMILES string of the molecule is COc1ccc(O)c(C(C)N[C@@H](C)C2CCCCCC2)c1. The van der Waals surface area contributed by atoms with Gasteiger partial charge in [0.15, 0.2) is 0 Å². The summed E-state index contributed by atoms with van der Waals surface area (Å²) in [5, 5.41) is 13.7. The number of phenols is 1. The van der Waals surface area contributed by atoms with Gasteiger partial charge in [-0.1, -0.05) is 25.7 Å². The highest BCUT2D eigenvalue weighted by Gasteiger charge is 2.21. The molecule has 1 unspecified atom stereocenters. The van der Waals surface area contributed by atoms with Crippen LogP contribution in [0, 0.1) is 5.92 Å². The molecule has 1 fully saturated rings. The van der Waals surface area contributed by atoms with Crippen molar-refractivity contribution in [2.24, 2.45) is 5.92 Å². The molecule has 0 saturated heterocycles. The highest BCUT2D eigenvalue weighted by Crippen LogP contribution is 2.31. The fraction of sp³-hybridized carbons (Fsp3) is 0.667. The van der Waals surface area contributed by atoms with E-state index in [0.717, 1.165) is 17.2 Å². The van der Waals surface area contributed by atoms with Gasteiger partial charge in [-0.2, -0.15) is 0 Å². The molecule has 0 bridgehead atoms. The van der Waals surface area contributed by atoms with E-state index in [4.69, 9.17) is 4.74 Å². The number of rotatable bonds is 5. The Bertz CT molecular complexity index is 439. The molecular formula is C18H29NO2. The molecule has 0 heterocycles. The quantitative estimate of drug-likeness (QED) is 0.790. The molecule has 1 aliphatic carbocycles. The number of nitrogens with one attached hydrogen (secondary N) is 1. The molecule has 21 heavy (non-hydrogen) atoms. The van der Waals surface area contributed by atoms with Crippen LogP contribution in [0.5, 0.6) is 11.5 Å². The van der Waals surface area contributed by atoms with E-state index in [2.05, 4.69) is 19.2 Å². The summed E-state index contributed by atoms with van der Waals surface area (Å²) < 4.78 is 5.26. The van der Waals surface area contributed by atoms with Crippen molar-refractivity contribution >= 4 is 0 Å². The van der Waals surface area contributed by atoms with Crippen LogP contribution in [0.2, 0.25) is 0 Å². The molecule has 2 atom stereocenters. The first-order valence-corrected chi connectivity index (χ1v) is 8.24. The Labute approximate surface area is 128 Å². The highest BCUT2D eigenvalue weighted by atomic mass is 16.5. The summed E-state index contributed by atoms with van der Waals surface area (Å²) in [6.07, 6.45) is 8.13. The normalized spacial score (nSPS) is 19.8. The summed E-state index contributed by atoms with van der Waals surface area (Å²) >= 11 is 0. The molecular weight excluding hydrogens is 262 g/mol. The third-order valence-corrected chi connectivity index (χ3v) is 4.82. The maximum absolute atomic E-state index is 10.1. The number of phenolic OH excluding ortho intramolecular Hbond substituents is 1. The molecule has 1 aromatic carbocycles. The van der Waals surface area contributed by atoms with Gasteiger partial charge in [-0.05, 0) is 50.8 Å². The lowest BCUT2D eigenvalue weighted by molar-refractivity contribution is 0.313. The Balaban J connectivity index is 2.01. The van der Waals surface area contributed by atoms with Gasteiger partial charge in [0.25, 0.3) is 0 Å². The summed E-state index contributed by atoms with van der Waals surface area (Å²) in [4.78, 5) is 0. The van der Waals surface area contributed by atoms with Gasteiger partial charge >= 0.3 is 0 Å². The molecule has 0 amide bonds. The van der Waals surface area contributed by atoms with Gasteiger partial charge in [0, 0.05) is 17.6 Å². The van der Waals surface area contributed by atoms with Gasteiger partial charge in [0.1, 0.15) is 11.5 Å². The van der Waals surface area contributed by atoms with Crippen molar-refractivity contribution < 1.29 is 9.84 Å². The maximum Gasteiger partial charge on any atom is 0.120 e. The molecule has 1 aliphatic rings. The van der Waals surface area contributed by atoms with Crippen LogP contribution < -0.4 is 10.1 Å². The lowest BCUT2D eigenvalue weighted by Gasteiger charge is -2.27. The number of methoxy groups -OCH3 is 1. The zero-order valence-corrected chi connectivity index (χ0v) is 13.6. The molecule has 118 valence electrons. The zero-order valence-electron chi connectivity index (χ0n) is 13.6. The van der Waals surface area contributed by atoms with E-state index in [-0.39, 0.29) is 6.04 Å². The molecule has 2 rings (SSSR count). The van der Waals surface area contributed by atoms with Crippen molar-refractivity contribution in [1.29, 1.82) is 0 Å². The smallest absolute Gasteiger partial charge is 0.120 e. The first-order chi connectivity index (χ1) is 10.1. The number of ether oxygens (including phenoxy) is 1.